The second kappa shape index (κ2) is 9.02. The van der Waals surface area contributed by atoms with Gasteiger partial charge in [-0.1, -0.05) is 42.5 Å². The molecule has 1 aliphatic heterocycles. The van der Waals surface area contributed by atoms with Gasteiger partial charge in [-0.25, -0.2) is 4.99 Å². The van der Waals surface area contributed by atoms with Crippen LogP contribution in [-0.4, -0.2) is 36.0 Å². The van der Waals surface area contributed by atoms with Gasteiger partial charge in [-0.05, 0) is 35.4 Å². The summed E-state index contributed by atoms with van der Waals surface area (Å²) in [5.74, 6) is 3.60. The fourth-order valence-electron chi connectivity index (χ4n) is 3.20. The molecule has 1 aromatic heterocycles. The summed E-state index contributed by atoms with van der Waals surface area (Å²) in [4.78, 5) is 4.82. The molecule has 0 bridgehead atoms. The Morgan fingerprint density at radius 2 is 1.86 bits per heavy atom. The third kappa shape index (κ3) is 4.60. The van der Waals surface area contributed by atoms with Crippen molar-refractivity contribution in [3.8, 4) is 5.75 Å². The molecule has 5 heteroatoms. The van der Waals surface area contributed by atoms with Gasteiger partial charge in [-0.15, -0.1) is 0 Å². The van der Waals surface area contributed by atoms with E-state index in [-0.39, 0.29) is 6.04 Å². The van der Waals surface area contributed by atoms with Gasteiger partial charge in [0.25, 0.3) is 0 Å². The van der Waals surface area contributed by atoms with Gasteiger partial charge in [0.1, 0.15) is 18.1 Å². The normalized spacial score (nSPS) is 15.9. The Labute approximate surface area is 170 Å². The van der Waals surface area contributed by atoms with Crippen LogP contribution >= 0.6 is 11.8 Å². The van der Waals surface area contributed by atoms with Crippen molar-refractivity contribution in [3.05, 3.63) is 89.7 Å². The summed E-state index contributed by atoms with van der Waals surface area (Å²) in [6.07, 6.45) is 2.07. The molecule has 1 aliphatic rings. The molecule has 0 radical (unpaired) electrons. The van der Waals surface area contributed by atoms with Gasteiger partial charge in [0.15, 0.2) is 0 Å². The average Bonchev–Trinajstić information content (AvgIpc) is 3.39. The molecule has 2 heterocycles. The van der Waals surface area contributed by atoms with Crippen LogP contribution in [-0.2, 0) is 17.0 Å². The monoisotopic (exact) mass is 392 g/mol. The zero-order valence-electron chi connectivity index (χ0n) is 16.0. The van der Waals surface area contributed by atoms with Gasteiger partial charge in [0.05, 0.1) is 13.2 Å². The van der Waals surface area contributed by atoms with Gasteiger partial charge >= 0.3 is 0 Å². The molecule has 0 saturated carbocycles. The zero-order chi connectivity index (χ0) is 19.2. The molecule has 0 saturated heterocycles. The fourth-order valence-corrected chi connectivity index (χ4v) is 4.19. The van der Waals surface area contributed by atoms with Crippen LogP contribution in [0, 0.1) is 0 Å². The lowest BCUT2D eigenvalue weighted by Gasteiger charge is -2.09. The maximum absolute atomic E-state index is 5.92. The number of methoxy groups -OCH3 is 1. The molecule has 144 valence electrons. The number of hydrogen-bond acceptors (Lipinski definition) is 4. The van der Waals surface area contributed by atoms with Crippen LogP contribution in [0.25, 0.3) is 0 Å². The summed E-state index contributed by atoms with van der Waals surface area (Å²) in [5.41, 5.74) is 3.60. The first-order valence-corrected chi connectivity index (χ1v) is 10.6. The van der Waals surface area contributed by atoms with Crippen molar-refractivity contribution < 1.29 is 9.47 Å². The van der Waals surface area contributed by atoms with Crippen LogP contribution in [0.2, 0.25) is 0 Å². The zero-order valence-corrected chi connectivity index (χ0v) is 16.8. The van der Waals surface area contributed by atoms with Gasteiger partial charge in [0, 0.05) is 24.2 Å². The van der Waals surface area contributed by atoms with E-state index in [1.807, 2.05) is 30.0 Å². The first-order valence-electron chi connectivity index (χ1n) is 9.42. The van der Waals surface area contributed by atoms with Gasteiger partial charge < -0.3 is 14.0 Å². The largest absolute Gasteiger partial charge is 0.497 e. The molecule has 1 atom stereocenters. The highest BCUT2D eigenvalue weighted by Crippen LogP contribution is 2.20. The predicted octanol–water partition coefficient (Wildman–Crippen LogP) is 4.62. The highest BCUT2D eigenvalue weighted by molar-refractivity contribution is 7.98. The molecule has 3 aromatic rings. The lowest BCUT2D eigenvalue weighted by Crippen LogP contribution is -2.11. The molecule has 28 heavy (non-hydrogen) atoms. The van der Waals surface area contributed by atoms with Crippen molar-refractivity contribution >= 4 is 17.7 Å². The quantitative estimate of drug-likeness (QED) is 0.561. The summed E-state index contributed by atoms with van der Waals surface area (Å²) < 4.78 is 13.3. The molecule has 0 amide bonds. The minimum Gasteiger partial charge on any atom is -0.497 e. The number of thioether (sulfide) groups is 1. The number of aliphatic imine (C=N–C) groups is 1. The predicted molar refractivity (Wildman–Crippen MR) is 115 cm³/mol. The Morgan fingerprint density at radius 3 is 2.64 bits per heavy atom. The van der Waals surface area contributed by atoms with Crippen molar-refractivity contribution in [1.82, 2.24) is 4.57 Å². The summed E-state index contributed by atoms with van der Waals surface area (Å²) in [6, 6.07) is 23.0. The summed E-state index contributed by atoms with van der Waals surface area (Å²) in [6.45, 7) is 1.44. The van der Waals surface area contributed by atoms with Crippen LogP contribution in [0.5, 0.6) is 5.75 Å². The Balaban J connectivity index is 1.36. The van der Waals surface area contributed by atoms with Crippen LogP contribution in [0.3, 0.4) is 0 Å². The summed E-state index contributed by atoms with van der Waals surface area (Å²) >= 11 is 1.91. The van der Waals surface area contributed by atoms with Gasteiger partial charge in [0.2, 0.25) is 5.90 Å². The lowest BCUT2D eigenvalue weighted by atomic mass is 10.2. The second-order valence-corrected chi connectivity index (χ2v) is 7.80. The van der Waals surface area contributed by atoms with Gasteiger partial charge in [-0.2, -0.15) is 11.8 Å². The van der Waals surface area contributed by atoms with E-state index < -0.39 is 0 Å². The first-order chi connectivity index (χ1) is 13.8. The van der Waals surface area contributed by atoms with Crippen LogP contribution in [0.1, 0.15) is 16.8 Å². The van der Waals surface area contributed by atoms with Crippen LogP contribution in [0.15, 0.2) is 77.9 Å². The van der Waals surface area contributed by atoms with Crippen molar-refractivity contribution in [1.29, 1.82) is 0 Å². The van der Waals surface area contributed by atoms with E-state index in [0.29, 0.717) is 6.61 Å². The fraction of sp³-hybridized carbons (Fsp3) is 0.261. The summed E-state index contributed by atoms with van der Waals surface area (Å²) in [5, 5.41) is 0. The smallest absolute Gasteiger partial charge is 0.233 e. The third-order valence-corrected chi connectivity index (χ3v) is 5.85. The van der Waals surface area contributed by atoms with E-state index in [1.54, 1.807) is 7.11 Å². The van der Waals surface area contributed by atoms with Crippen molar-refractivity contribution in [3.63, 3.8) is 0 Å². The van der Waals surface area contributed by atoms with Crippen molar-refractivity contribution in [2.75, 3.05) is 19.5 Å². The maximum Gasteiger partial charge on any atom is 0.233 e. The second-order valence-electron chi connectivity index (χ2n) is 6.77. The maximum atomic E-state index is 5.92. The van der Waals surface area contributed by atoms with E-state index >= 15 is 0 Å². The number of benzene rings is 2. The lowest BCUT2D eigenvalue weighted by molar-refractivity contribution is 0.323. The Hall–Kier alpha value is -2.66. The average molecular weight is 393 g/mol. The number of hydrogen-bond donors (Lipinski definition) is 0. The molecule has 4 nitrogen and oxygen atoms in total. The van der Waals surface area contributed by atoms with E-state index in [0.717, 1.165) is 35.4 Å². The molecular weight excluding hydrogens is 368 g/mol. The molecule has 4 rings (SSSR count). The number of nitrogens with zero attached hydrogens (tertiary/aromatic N) is 2. The molecular formula is C23H24N2O2S. The summed E-state index contributed by atoms with van der Waals surface area (Å²) in [7, 11) is 1.68. The SMILES string of the molecule is COc1ccc(Cn2cccc2C2=N[C@H](CSCc3ccccc3)CO2)cc1. The van der Waals surface area contributed by atoms with E-state index in [2.05, 4.69) is 59.3 Å². The Morgan fingerprint density at radius 1 is 1.04 bits per heavy atom. The minimum absolute atomic E-state index is 0.216. The topological polar surface area (TPSA) is 35.8 Å². The third-order valence-electron chi connectivity index (χ3n) is 4.69. The number of ether oxygens (including phenoxy) is 2. The van der Waals surface area contributed by atoms with Crippen LogP contribution in [0.4, 0.5) is 0 Å². The minimum atomic E-state index is 0.216. The van der Waals surface area contributed by atoms with Crippen LogP contribution < -0.4 is 4.74 Å². The van der Waals surface area contributed by atoms with E-state index in [4.69, 9.17) is 14.5 Å². The highest BCUT2D eigenvalue weighted by Gasteiger charge is 2.22. The number of rotatable bonds is 8. The molecule has 0 fully saturated rings. The molecule has 0 unspecified atom stereocenters. The van der Waals surface area contributed by atoms with Crippen molar-refractivity contribution in [2.45, 2.75) is 18.3 Å². The van der Waals surface area contributed by atoms with E-state index in [1.165, 1.54) is 11.1 Å². The Bertz CT molecular complexity index is 919. The first kappa shape index (κ1) is 18.7. The molecule has 0 aliphatic carbocycles. The number of aromatic nitrogens is 1. The highest BCUT2D eigenvalue weighted by atomic mass is 32.2. The molecule has 2 aromatic carbocycles. The molecule has 0 spiro atoms. The van der Waals surface area contributed by atoms with E-state index in [9.17, 15) is 0 Å². The molecule has 0 N–H and O–H groups in total. The van der Waals surface area contributed by atoms with Gasteiger partial charge in [-0.3, -0.25) is 0 Å². The Kier molecular flexibility index (Phi) is 6.02. The standard InChI is InChI=1S/C23H24N2O2S/c1-26-21-11-9-18(10-12-21)14-25-13-5-8-22(25)23-24-20(15-27-23)17-28-16-19-6-3-2-4-7-19/h2-13,20H,14-17H2,1H3/t20-/m0/s1. The van der Waals surface area contributed by atoms with Crippen molar-refractivity contribution in [2.24, 2.45) is 4.99 Å².